The predicted molar refractivity (Wildman–Crippen MR) is 79.3 cm³/mol. The van der Waals surface area contributed by atoms with Crippen LogP contribution in [0.25, 0.3) is 0 Å². The Labute approximate surface area is 115 Å². The number of hydrazine groups is 1. The molecule has 2 rings (SSSR count). The molecule has 1 aliphatic carbocycles. The molecule has 1 aromatic heterocycles. The van der Waals surface area contributed by atoms with Crippen LogP contribution < -0.4 is 16.2 Å². The quantitative estimate of drug-likeness (QED) is 0.609. The maximum Gasteiger partial charge on any atom is 0.148 e. The van der Waals surface area contributed by atoms with Gasteiger partial charge in [-0.15, -0.1) is 0 Å². The molecule has 5 heteroatoms. The predicted octanol–water partition coefficient (Wildman–Crippen LogP) is 2.43. The van der Waals surface area contributed by atoms with Crippen molar-refractivity contribution < 1.29 is 0 Å². The second-order valence-electron chi connectivity index (χ2n) is 5.73. The Bertz CT molecular complexity index is 440. The topological polar surface area (TPSA) is 67.1 Å². The molecule has 0 atom stereocenters. The molecule has 1 saturated carbocycles. The zero-order chi connectivity index (χ0) is 14.0. The first-order valence-corrected chi connectivity index (χ1v) is 7.16. The van der Waals surface area contributed by atoms with Gasteiger partial charge in [-0.3, -0.25) is 0 Å². The molecule has 0 aromatic carbocycles. The van der Waals surface area contributed by atoms with E-state index < -0.39 is 0 Å². The fourth-order valence-corrected chi connectivity index (χ4v) is 2.30. The van der Waals surface area contributed by atoms with Crippen molar-refractivity contribution in [1.82, 2.24) is 9.97 Å². The minimum absolute atomic E-state index is 0.532. The average molecular weight is 263 g/mol. The highest BCUT2D eigenvalue weighted by atomic mass is 15.3. The van der Waals surface area contributed by atoms with Crippen molar-refractivity contribution in [1.29, 1.82) is 0 Å². The highest BCUT2D eigenvalue weighted by Gasteiger charge is 2.29. The van der Waals surface area contributed by atoms with Gasteiger partial charge < -0.3 is 10.3 Å². The van der Waals surface area contributed by atoms with Gasteiger partial charge in [-0.1, -0.05) is 13.8 Å². The SMILES string of the molecule is CCN(CC(C)C)c1nc(C2CC2)nc(NN)c1C. The first-order valence-electron chi connectivity index (χ1n) is 7.16. The van der Waals surface area contributed by atoms with E-state index in [1.165, 1.54) is 12.8 Å². The Kier molecular flexibility index (Phi) is 4.24. The maximum atomic E-state index is 5.59. The van der Waals surface area contributed by atoms with E-state index in [1.807, 2.05) is 6.92 Å². The monoisotopic (exact) mass is 263 g/mol. The molecule has 3 N–H and O–H groups in total. The van der Waals surface area contributed by atoms with Crippen LogP contribution in [0.2, 0.25) is 0 Å². The van der Waals surface area contributed by atoms with Crippen LogP contribution in [0.5, 0.6) is 0 Å². The van der Waals surface area contributed by atoms with E-state index >= 15 is 0 Å². The van der Waals surface area contributed by atoms with Gasteiger partial charge in [0.2, 0.25) is 0 Å². The Morgan fingerprint density at radius 2 is 2.05 bits per heavy atom. The normalized spacial score (nSPS) is 14.8. The number of hydrogen-bond acceptors (Lipinski definition) is 5. The number of rotatable bonds is 6. The Morgan fingerprint density at radius 3 is 2.53 bits per heavy atom. The molecule has 0 amide bonds. The van der Waals surface area contributed by atoms with Crippen LogP contribution in [-0.2, 0) is 0 Å². The minimum atomic E-state index is 0.532. The summed E-state index contributed by atoms with van der Waals surface area (Å²) in [7, 11) is 0. The standard InChI is InChI=1S/C14H25N5/c1-5-19(8-9(2)3)14-10(4)12(18-15)16-13(17-14)11-6-7-11/h9,11H,5-8,15H2,1-4H3,(H,16,17,18). The molecule has 0 unspecified atom stereocenters. The van der Waals surface area contributed by atoms with Gasteiger partial charge >= 0.3 is 0 Å². The van der Waals surface area contributed by atoms with Crippen LogP contribution in [0, 0.1) is 12.8 Å². The summed E-state index contributed by atoms with van der Waals surface area (Å²) in [5, 5.41) is 0. The summed E-state index contributed by atoms with van der Waals surface area (Å²) in [5.74, 6) is 9.46. The van der Waals surface area contributed by atoms with Crippen molar-refractivity contribution in [2.75, 3.05) is 23.4 Å². The van der Waals surface area contributed by atoms with Gasteiger partial charge in [0.25, 0.3) is 0 Å². The van der Waals surface area contributed by atoms with Crippen molar-refractivity contribution in [3.63, 3.8) is 0 Å². The number of aromatic nitrogens is 2. The summed E-state index contributed by atoms with van der Waals surface area (Å²) in [6.45, 7) is 10.6. The molecule has 1 aromatic rings. The Hall–Kier alpha value is -1.36. The zero-order valence-electron chi connectivity index (χ0n) is 12.4. The third-order valence-electron chi connectivity index (χ3n) is 3.48. The van der Waals surface area contributed by atoms with Crippen molar-refractivity contribution in [2.24, 2.45) is 11.8 Å². The van der Waals surface area contributed by atoms with Gasteiger partial charge in [0, 0.05) is 24.6 Å². The molecule has 0 aliphatic heterocycles. The fraction of sp³-hybridized carbons (Fsp3) is 0.714. The second-order valence-corrected chi connectivity index (χ2v) is 5.73. The molecule has 19 heavy (non-hydrogen) atoms. The van der Waals surface area contributed by atoms with Gasteiger partial charge in [0.15, 0.2) is 0 Å². The first-order chi connectivity index (χ1) is 9.06. The van der Waals surface area contributed by atoms with E-state index in [0.29, 0.717) is 11.8 Å². The highest BCUT2D eigenvalue weighted by Crippen LogP contribution is 2.40. The zero-order valence-corrected chi connectivity index (χ0v) is 12.4. The molecule has 1 heterocycles. The second kappa shape index (κ2) is 5.74. The van der Waals surface area contributed by atoms with E-state index in [1.54, 1.807) is 0 Å². The van der Waals surface area contributed by atoms with Crippen molar-refractivity contribution >= 4 is 11.6 Å². The van der Waals surface area contributed by atoms with Crippen molar-refractivity contribution in [2.45, 2.75) is 46.5 Å². The van der Waals surface area contributed by atoms with E-state index in [0.717, 1.165) is 36.1 Å². The number of nitrogens with one attached hydrogen (secondary N) is 1. The third kappa shape index (κ3) is 3.15. The maximum absolute atomic E-state index is 5.59. The smallest absolute Gasteiger partial charge is 0.148 e. The number of nitrogens with two attached hydrogens (primary N) is 1. The molecule has 1 fully saturated rings. The van der Waals surface area contributed by atoms with Gasteiger partial charge in [-0.2, -0.15) is 0 Å². The van der Waals surface area contributed by atoms with Crippen LogP contribution in [0.1, 0.15) is 50.9 Å². The van der Waals surface area contributed by atoms with Gasteiger partial charge in [-0.25, -0.2) is 15.8 Å². The molecule has 0 spiro atoms. The number of nitrogens with zero attached hydrogens (tertiary/aromatic N) is 3. The summed E-state index contributed by atoms with van der Waals surface area (Å²) in [6, 6.07) is 0. The largest absolute Gasteiger partial charge is 0.356 e. The Morgan fingerprint density at radius 1 is 1.37 bits per heavy atom. The fourth-order valence-electron chi connectivity index (χ4n) is 2.30. The highest BCUT2D eigenvalue weighted by molar-refractivity contribution is 5.58. The van der Waals surface area contributed by atoms with Crippen LogP contribution in [-0.4, -0.2) is 23.1 Å². The molecular weight excluding hydrogens is 238 g/mol. The molecule has 106 valence electrons. The van der Waals surface area contributed by atoms with E-state index in [4.69, 9.17) is 10.8 Å². The molecular formula is C14H25N5. The summed E-state index contributed by atoms with van der Waals surface area (Å²) < 4.78 is 0. The summed E-state index contributed by atoms with van der Waals surface area (Å²) >= 11 is 0. The lowest BCUT2D eigenvalue weighted by molar-refractivity contribution is 0.611. The lowest BCUT2D eigenvalue weighted by Crippen LogP contribution is -2.30. The lowest BCUT2D eigenvalue weighted by atomic mass is 10.2. The van der Waals surface area contributed by atoms with Gasteiger partial charge in [0.05, 0.1) is 0 Å². The minimum Gasteiger partial charge on any atom is -0.356 e. The van der Waals surface area contributed by atoms with E-state index in [9.17, 15) is 0 Å². The summed E-state index contributed by atoms with van der Waals surface area (Å²) in [6.07, 6.45) is 2.39. The van der Waals surface area contributed by atoms with Crippen LogP contribution in [0.15, 0.2) is 0 Å². The summed E-state index contributed by atoms with van der Waals surface area (Å²) in [5.41, 5.74) is 3.75. The van der Waals surface area contributed by atoms with Crippen LogP contribution >= 0.6 is 0 Å². The number of anilines is 2. The van der Waals surface area contributed by atoms with Crippen molar-refractivity contribution in [3.8, 4) is 0 Å². The van der Waals surface area contributed by atoms with Gasteiger partial charge in [0.1, 0.15) is 17.5 Å². The lowest BCUT2D eigenvalue weighted by Gasteiger charge is -2.26. The molecule has 5 nitrogen and oxygen atoms in total. The van der Waals surface area contributed by atoms with E-state index in [2.05, 4.69) is 36.1 Å². The number of hydrogen-bond donors (Lipinski definition) is 2. The van der Waals surface area contributed by atoms with Crippen LogP contribution in [0.4, 0.5) is 11.6 Å². The Balaban J connectivity index is 2.38. The number of nitrogen functional groups attached to an aromatic ring is 1. The average Bonchev–Trinajstić information content (AvgIpc) is 3.20. The third-order valence-corrected chi connectivity index (χ3v) is 3.48. The van der Waals surface area contributed by atoms with Gasteiger partial charge in [-0.05, 0) is 32.6 Å². The van der Waals surface area contributed by atoms with Crippen molar-refractivity contribution in [3.05, 3.63) is 11.4 Å². The first kappa shape index (κ1) is 14.1. The molecule has 0 radical (unpaired) electrons. The summed E-state index contributed by atoms with van der Waals surface area (Å²) in [4.78, 5) is 11.6. The molecule has 1 aliphatic rings. The van der Waals surface area contributed by atoms with E-state index in [-0.39, 0.29) is 0 Å². The van der Waals surface area contributed by atoms with Crippen LogP contribution in [0.3, 0.4) is 0 Å². The molecule has 0 saturated heterocycles. The molecule has 0 bridgehead atoms.